The topological polar surface area (TPSA) is 182 Å². The van der Waals surface area contributed by atoms with E-state index in [2.05, 4.69) is 15.5 Å². The van der Waals surface area contributed by atoms with Gasteiger partial charge in [-0.05, 0) is 66.5 Å². The molecule has 0 aliphatic heterocycles. The minimum Gasteiger partial charge on any atom is -0.465 e. The second-order valence-electron chi connectivity index (χ2n) is 13.5. The fraction of sp³-hybridized carbons (Fsp3) is 0.474. The van der Waals surface area contributed by atoms with Crippen molar-refractivity contribution in [3.63, 3.8) is 0 Å². The molecule has 4 atom stereocenters. The predicted molar refractivity (Wildman–Crippen MR) is 196 cm³/mol. The zero-order valence-electron chi connectivity index (χ0n) is 30.0. The molecule has 2 aromatic carbocycles. The van der Waals surface area contributed by atoms with Gasteiger partial charge >= 0.3 is 6.09 Å². The third-order valence-electron chi connectivity index (χ3n) is 9.66. The van der Waals surface area contributed by atoms with Gasteiger partial charge < -0.3 is 25.5 Å². The summed E-state index contributed by atoms with van der Waals surface area (Å²) in [6.07, 6.45) is 2.90. The molecular formula is C38H51N5O8S. The highest BCUT2D eigenvalue weighted by Crippen LogP contribution is 2.29. The molecule has 282 valence electrons. The number of aliphatic hydroxyl groups is 1. The quantitative estimate of drug-likeness (QED) is 0.0756. The molecule has 1 saturated carbocycles. The Morgan fingerprint density at radius 3 is 2.33 bits per heavy atom. The molecule has 1 fully saturated rings. The van der Waals surface area contributed by atoms with E-state index in [0.29, 0.717) is 23.4 Å². The number of carboxylic acid groups (broad SMARTS) is 1. The summed E-state index contributed by atoms with van der Waals surface area (Å²) in [6.45, 7) is 3.65. The molecule has 2 amide bonds. The van der Waals surface area contributed by atoms with Gasteiger partial charge in [-0.25, -0.2) is 13.2 Å². The van der Waals surface area contributed by atoms with E-state index in [-0.39, 0.29) is 43.5 Å². The van der Waals surface area contributed by atoms with Crippen molar-refractivity contribution in [3.8, 4) is 0 Å². The summed E-state index contributed by atoms with van der Waals surface area (Å²) < 4.78 is 34.7. The maximum absolute atomic E-state index is 14.3. The van der Waals surface area contributed by atoms with E-state index < -0.39 is 46.1 Å². The van der Waals surface area contributed by atoms with Crippen LogP contribution in [0.5, 0.6) is 0 Å². The van der Waals surface area contributed by atoms with Crippen molar-refractivity contribution in [1.29, 1.82) is 0 Å². The number of rotatable bonds is 19. The maximum Gasteiger partial charge on any atom is 0.408 e. The van der Waals surface area contributed by atoms with Gasteiger partial charge in [-0.1, -0.05) is 86.8 Å². The summed E-state index contributed by atoms with van der Waals surface area (Å²) in [5.41, 5.74) is 2.38. The molecule has 0 bridgehead atoms. The van der Waals surface area contributed by atoms with E-state index in [0.717, 1.165) is 36.1 Å². The van der Waals surface area contributed by atoms with Crippen molar-refractivity contribution < 1.29 is 38.2 Å². The number of aromatic nitrogens is 1. The number of hydrogen-bond acceptors (Lipinski definition) is 9. The molecule has 0 unspecified atom stereocenters. The van der Waals surface area contributed by atoms with Crippen LogP contribution in [-0.2, 0) is 39.1 Å². The van der Waals surface area contributed by atoms with E-state index in [9.17, 15) is 28.2 Å². The summed E-state index contributed by atoms with van der Waals surface area (Å²) in [4.78, 5) is 32.6. The lowest BCUT2D eigenvalue weighted by molar-refractivity contribution is -0.129. The second-order valence-corrected chi connectivity index (χ2v) is 15.4. The molecule has 3 aromatic rings. The largest absolute Gasteiger partial charge is 0.465 e. The van der Waals surface area contributed by atoms with Gasteiger partial charge in [0.05, 0.1) is 47.8 Å². The summed E-state index contributed by atoms with van der Waals surface area (Å²) in [5.74, 6) is -0.901. The molecule has 1 aromatic heterocycles. The zero-order chi connectivity index (χ0) is 37.7. The number of pyridine rings is 1. The van der Waals surface area contributed by atoms with E-state index in [4.69, 9.17) is 9.94 Å². The van der Waals surface area contributed by atoms with Crippen molar-refractivity contribution in [1.82, 2.24) is 19.5 Å². The Balaban J connectivity index is 1.66. The van der Waals surface area contributed by atoms with Crippen LogP contribution in [0.25, 0.3) is 0 Å². The number of carbonyl (C=O) groups is 2. The van der Waals surface area contributed by atoms with Crippen molar-refractivity contribution in [2.24, 2.45) is 17.0 Å². The minimum absolute atomic E-state index is 0.0218. The SMILES string of the molecule is CC[C@H](C)[C@@H](C(=O)N[C@@H](Cc1ccccc1)[C@H](O)CN(CC1CCCC1)S(=O)(=O)c1ccc(C=NO)cc1)N(Cc1cccc(COC)n1)C(=O)O. The molecular weight excluding hydrogens is 687 g/mol. The van der Waals surface area contributed by atoms with Crippen LogP contribution in [0, 0.1) is 11.8 Å². The molecule has 52 heavy (non-hydrogen) atoms. The number of benzene rings is 2. The number of sulfonamides is 1. The van der Waals surface area contributed by atoms with Crippen LogP contribution < -0.4 is 5.32 Å². The number of aliphatic hydroxyl groups excluding tert-OH is 1. The van der Waals surface area contributed by atoms with E-state index in [1.807, 2.05) is 37.3 Å². The van der Waals surface area contributed by atoms with Crippen LogP contribution in [0.15, 0.2) is 82.8 Å². The molecule has 1 aliphatic rings. The highest BCUT2D eigenvalue weighted by molar-refractivity contribution is 7.89. The summed E-state index contributed by atoms with van der Waals surface area (Å²) in [5, 5.41) is 37.2. The second kappa shape index (κ2) is 19.5. The third kappa shape index (κ3) is 11.1. The average molecular weight is 738 g/mol. The van der Waals surface area contributed by atoms with Crippen LogP contribution in [0.4, 0.5) is 4.79 Å². The Morgan fingerprint density at radius 1 is 1.04 bits per heavy atom. The van der Waals surface area contributed by atoms with Crippen LogP contribution in [0.1, 0.15) is 68.5 Å². The van der Waals surface area contributed by atoms with Crippen molar-refractivity contribution in [3.05, 3.63) is 95.3 Å². The van der Waals surface area contributed by atoms with Gasteiger partial charge in [0.2, 0.25) is 15.9 Å². The monoisotopic (exact) mass is 737 g/mol. The molecule has 1 aliphatic carbocycles. The number of amides is 2. The summed E-state index contributed by atoms with van der Waals surface area (Å²) in [7, 11) is -2.56. The zero-order valence-corrected chi connectivity index (χ0v) is 30.9. The Hall–Kier alpha value is -4.37. The Morgan fingerprint density at radius 2 is 1.71 bits per heavy atom. The highest BCUT2D eigenvalue weighted by atomic mass is 32.2. The van der Waals surface area contributed by atoms with Crippen molar-refractivity contribution >= 4 is 28.2 Å². The normalized spacial score (nSPS) is 16.1. The third-order valence-corrected chi connectivity index (χ3v) is 11.5. The standard InChI is InChI=1S/C38H51N5O8S/c1-4-27(2)36(43(38(46)47)24-31-15-10-16-32(40-31)26-51-3)37(45)41-34(21-28-11-6-5-7-12-28)35(44)25-42(23-30-13-8-9-14-30)52(49,50)33-19-17-29(18-20-33)22-39-48/h5-7,10-12,15-20,22,27,30,34-36,44,48H,4,8-9,13-14,21,23-26H2,1-3H3,(H,41,45)(H,46,47)/t27-,34-,35+,36-/m0/s1. The Kier molecular flexibility index (Phi) is 15.1. The smallest absolute Gasteiger partial charge is 0.408 e. The van der Waals surface area contributed by atoms with Crippen LogP contribution in [-0.4, -0.2) is 94.6 Å². The first-order valence-electron chi connectivity index (χ1n) is 17.7. The lowest BCUT2D eigenvalue weighted by atomic mass is 9.94. The van der Waals surface area contributed by atoms with Gasteiger partial charge in [0.1, 0.15) is 6.04 Å². The number of hydrogen-bond donors (Lipinski definition) is 4. The first-order chi connectivity index (χ1) is 25.0. The number of nitrogens with zero attached hydrogens (tertiary/aromatic N) is 4. The van der Waals surface area contributed by atoms with Gasteiger partial charge in [0, 0.05) is 20.2 Å². The summed E-state index contributed by atoms with van der Waals surface area (Å²) >= 11 is 0. The Bertz CT molecular complexity index is 1720. The van der Waals surface area contributed by atoms with Crippen LogP contribution in [0.2, 0.25) is 0 Å². The van der Waals surface area contributed by atoms with E-state index in [1.54, 1.807) is 25.1 Å². The summed E-state index contributed by atoms with van der Waals surface area (Å²) in [6, 6.07) is 18.2. The molecule has 0 radical (unpaired) electrons. The van der Waals surface area contributed by atoms with Gasteiger partial charge in [-0.3, -0.25) is 14.7 Å². The lowest BCUT2D eigenvalue weighted by Gasteiger charge is -2.35. The van der Waals surface area contributed by atoms with Gasteiger partial charge in [0.15, 0.2) is 0 Å². The minimum atomic E-state index is -4.10. The number of nitrogens with one attached hydrogen (secondary N) is 1. The lowest BCUT2D eigenvalue weighted by Crippen LogP contribution is -2.58. The van der Waals surface area contributed by atoms with Crippen molar-refractivity contribution in [2.45, 2.75) is 88.6 Å². The number of oxime groups is 1. The van der Waals surface area contributed by atoms with Gasteiger partial charge in [-0.2, -0.15) is 4.31 Å². The first kappa shape index (κ1) is 40.4. The van der Waals surface area contributed by atoms with Gasteiger partial charge in [0.25, 0.3) is 0 Å². The van der Waals surface area contributed by atoms with E-state index >= 15 is 0 Å². The highest BCUT2D eigenvalue weighted by Gasteiger charge is 2.38. The number of methoxy groups -OCH3 is 1. The molecule has 1 heterocycles. The molecule has 4 N–H and O–H groups in total. The molecule has 13 nitrogen and oxygen atoms in total. The van der Waals surface area contributed by atoms with Crippen molar-refractivity contribution in [2.75, 3.05) is 20.2 Å². The fourth-order valence-corrected chi connectivity index (χ4v) is 8.22. The predicted octanol–water partition coefficient (Wildman–Crippen LogP) is 4.90. The van der Waals surface area contributed by atoms with E-state index in [1.165, 1.54) is 41.9 Å². The Labute approximate surface area is 306 Å². The molecule has 14 heteroatoms. The number of ether oxygens (including phenoxy) is 1. The molecule has 4 rings (SSSR count). The molecule has 0 saturated heterocycles. The molecule has 0 spiro atoms. The maximum atomic E-state index is 14.3. The first-order valence-corrected chi connectivity index (χ1v) is 19.1. The van der Waals surface area contributed by atoms with Crippen LogP contribution in [0.3, 0.4) is 0 Å². The number of carbonyl (C=O) groups excluding carboxylic acids is 1. The average Bonchev–Trinajstić information content (AvgIpc) is 3.65. The fourth-order valence-electron chi connectivity index (χ4n) is 6.68. The van der Waals surface area contributed by atoms with Crippen LogP contribution >= 0.6 is 0 Å². The van der Waals surface area contributed by atoms with Gasteiger partial charge in [-0.15, -0.1) is 0 Å².